The van der Waals surface area contributed by atoms with Crippen LogP contribution in [0.1, 0.15) is 42.2 Å². The predicted molar refractivity (Wildman–Crippen MR) is 107 cm³/mol. The third-order valence-electron chi connectivity index (χ3n) is 5.15. The highest BCUT2D eigenvalue weighted by molar-refractivity contribution is 5.80. The molecule has 0 aromatic heterocycles. The Morgan fingerprint density at radius 2 is 2.04 bits per heavy atom. The van der Waals surface area contributed by atoms with Gasteiger partial charge in [0, 0.05) is 26.1 Å². The zero-order valence-corrected chi connectivity index (χ0v) is 16.2. The Morgan fingerprint density at radius 3 is 2.74 bits per heavy atom. The first-order valence-corrected chi connectivity index (χ1v) is 9.48. The molecule has 3 rings (SSSR count). The molecule has 0 amide bonds. The first-order valence-electron chi connectivity index (χ1n) is 9.48. The van der Waals surface area contributed by atoms with Crippen LogP contribution in [0, 0.1) is 18.7 Å². The SMILES string of the molecule is CN=C(NCC1CCOC1c1ccccc1)NC(C)c1ccc(C)c(F)c1. The summed E-state index contributed by atoms with van der Waals surface area (Å²) in [7, 11) is 1.75. The zero-order valence-electron chi connectivity index (χ0n) is 16.2. The summed E-state index contributed by atoms with van der Waals surface area (Å²) in [6.45, 7) is 5.32. The predicted octanol–water partition coefficient (Wildman–Crippen LogP) is 4.14. The molecule has 0 spiro atoms. The van der Waals surface area contributed by atoms with Crippen molar-refractivity contribution in [3.05, 3.63) is 71.0 Å². The Balaban J connectivity index is 1.58. The summed E-state index contributed by atoms with van der Waals surface area (Å²) in [5.74, 6) is 0.915. The quantitative estimate of drug-likeness (QED) is 0.615. The van der Waals surface area contributed by atoms with Gasteiger partial charge >= 0.3 is 0 Å². The van der Waals surface area contributed by atoms with Crippen LogP contribution in [0.5, 0.6) is 0 Å². The van der Waals surface area contributed by atoms with Crippen LogP contribution >= 0.6 is 0 Å². The molecule has 0 saturated carbocycles. The molecule has 2 aromatic carbocycles. The summed E-state index contributed by atoms with van der Waals surface area (Å²) in [6, 6.07) is 15.6. The zero-order chi connectivity index (χ0) is 19.2. The van der Waals surface area contributed by atoms with E-state index in [0.717, 1.165) is 25.1 Å². The van der Waals surface area contributed by atoms with E-state index in [2.05, 4.69) is 27.8 Å². The lowest BCUT2D eigenvalue weighted by atomic mass is 9.95. The molecule has 4 nitrogen and oxygen atoms in total. The molecule has 1 aliphatic heterocycles. The largest absolute Gasteiger partial charge is 0.373 e. The first-order chi connectivity index (χ1) is 13.1. The second-order valence-electron chi connectivity index (χ2n) is 7.08. The van der Waals surface area contributed by atoms with Gasteiger partial charge in [-0.25, -0.2) is 4.39 Å². The van der Waals surface area contributed by atoms with Gasteiger partial charge in [0.05, 0.1) is 12.1 Å². The van der Waals surface area contributed by atoms with E-state index in [0.29, 0.717) is 17.4 Å². The highest BCUT2D eigenvalue weighted by Crippen LogP contribution is 2.33. The smallest absolute Gasteiger partial charge is 0.191 e. The van der Waals surface area contributed by atoms with Crippen molar-refractivity contribution in [1.82, 2.24) is 10.6 Å². The molecule has 144 valence electrons. The van der Waals surface area contributed by atoms with Crippen molar-refractivity contribution in [1.29, 1.82) is 0 Å². The third kappa shape index (κ3) is 4.86. The van der Waals surface area contributed by atoms with Gasteiger partial charge in [0.2, 0.25) is 0 Å². The van der Waals surface area contributed by atoms with Crippen molar-refractivity contribution in [3.63, 3.8) is 0 Å². The number of hydrogen-bond donors (Lipinski definition) is 2. The Bertz CT molecular complexity index is 778. The van der Waals surface area contributed by atoms with Crippen LogP contribution in [0.25, 0.3) is 0 Å². The number of nitrogens with zero attached hydrogens (tertiary/aromatic N) is 1. The van der Waals surface area contributed by atoms with Gasteiger partial charge in [0.25, 0.3) is 0 Å². The summed E-state index contributed by atoms with van der Waals surface area (Å²) in [4.78, 5) is 4.31. The van der Waals surface area contributed by atoms with Crippen LogP contribution in [0.15, 0.2) is 53.5 Å². The highest BCUT2D eigenvalue weighted by atomic mass is 19.1. The number of hydrogen-bond acceptors (Lipinski definition) is 2. The average Bonchev–Trinajstić information content (AvgIpc) is 3.16. The Kier molecular flexibility index (Phi) is 6.45. The molecule has 0 radical (unpaired) electrons. The van der Waals surface area contributed by atoms with Crippen LogP contribution in [0.2, 0.25) is 0 Å². The maximum Gasteiger partial charge on any atom is 0.191 e. The number of guanidine groups is 1. The summed E-state index contributed by atoms with van der Waals surface area (Å²) < 4.78 is 19.8. The molecule has 0 bridgehead atoms. The fraction of sp³-hybridized carbons (Fsp3) is 0.409. The van der Waals surface area contributed by atoms with E-state index < -0.39 is 0 Å². The summed E-state index contributed by atoms with van der Waals surface area (Å²) >= 11 is 0. The number of rotatable bonds is 5. The van der Waals surface area contributed by atoms with Crippen LogP contribution in [-0.4, -0.2) is 26.2 Å². The molecule has 1 saturated heterocycles. The Labute approximate surface area is 160 Å². The Morgan fingerprint density at radius 1 is 1.26 bits per heavy atom. The molecule has 1 aliphatic rings. The maximum absolute atomic E-state index is 13.8. The number of nitrogens with one attached hydrogen (secondary N) is 2. The van der Waals surface area contributed by atoms with E-state index >= 15 is 0 Å². The normalized spacial score (nSPS) is 21.1. The van der Waals surface area contributed by atoms with Crippen molar-refractivity contribution in [2.24, 2.45) is 10.9 Å². The molecule has 27 heavy (non-hydrogen) atoms. The molecular weight excluding hydrogens is 341 g/mol. The summed E-state index contributed by atoms with van der Waals surface area (Å²) in [6.07, 6.45) is 1.13. The number of ether oxygens (including phenoxy) is 1. The van der Waals surface area contributed by atoms with E-state index in [-0.39, 0.29) is 18.0 Å². The minimum atomic E-state index is -0.182. The van der Waals surface area contributed by atoms with Crippen molar-refractivity contribution >= 4 is 5.96 Å². The number of aryl methyl sites for hydroxylation is 1. The maximum atomic E-state index is 13.8. The fourth-order valence-electron chi connectivity index (χ4n) is 3.44. The van der Waals surface area contributed by atoms with Crippen molar-refractivity contribution < 1.29 is 9.13 Å². The Hall–Kier alpha value is -2.40. The van der Waals surface area contributed by atoms with E-state index in [1.807, 2.05) is 31.2 Å². The van der Waals surface area contributed by atoms with Crippen LogP contribution in [-0.2, 0) is 4.74 Å². The van der Waals surface area contributed by atoms with Crippen molar-refractivity contribution in [2.75, 3.05) is 20.2 Å². The standard InChI is InChI=1S/C22H28FN3O/c1-15-9-10-18(13-20(15)23)16(2)26-22(24-3)25-14-19-11-12-27-21(19)17-7-5-4-6-8-17/h4-10,13,16,19,21H,11-12,14H2,1-3H3,(H2,24,25,26). The van der Waals surface area contributed by atoms with Gasteiger partial charge in [-0.05, 0) is 43.0 Å². The van der Waals surface area contributed by atoms with Gasteiger partial charge in [-0.2, -0.15) is 0 Å². The number of halogens is 1. The third-order valence-corrected chi connectivity index (χ3v) is 5.15. The summed E-state index contributed by atoms with van der Waals surface area (Å²) in [5, 5.41) is 6.74. The number of benzene rings is 2. The van der Waals surface area contributed by atoms with Crippen LogP contribution in [0.3, 0.4) is 0 Å². The minimum Gasteiger partial charge on any atom is -0.373 e. The second kappa shape index (κ2) is 9.00. The minimum absolute atomic E-state index is 0.0453. The lowest BCUT2D eigenvalue weighted by Gasteiger charge is -2.23. The van der Waals surface area contributed by atoms with E-state index in [1.54, 1.807) is 26.1 Å². The van der Waals surface area contributed by atoms with Gasteiger partial charge in [0.1, 0.15) is 5.82 Å². The van der Waals surface area contributed by atoms with Crippen molar-refractivity contribution in [2.45, 2.75) is 32.4 Å². The molecule has 2 aromatic rings. The van der Waals surface area contributed by atoms with Crippen LogP contribution < -0.4 is 10.6 Å². The van der Waals surface area contributed by atoms with Gasteiger partial charge in [0.15, 0.2) is 5.96 Å². The van der Waals surface area contributed by atoms with Crippen LogP contribution in [0.4, 0.5) is 4.39 Å². The first kappa shape index (κ1) is 19.4. The van der Waals surface area contributed by atoms with Crippen molar-refractivity contribution in [3.8, 4) is 0 Å². The number of aliphatic imine (C=N–C) groups is 1. The molecular formula is C22H28FN3O. The molecule has 5 heteroatoms. The van der Waals surface area contributed by atoms with E-state index in [4.69, 9.17) is 4.74 Å². The highest BCUT2D eigenvalue weighted by Gasteiger charge is 2.29. The van der Waals surface area contributed by atoms with Gasteiger partial charge in [-0.15, -0.1) is 0 Å². The molecule has 3 unspecified atom stereocenters. The fourth-order valence-corrected chi connectivity index (χ4v) is 3.44. The van der Waals surface area contributed by atoms with Gasteiger partial charge in [-0.3, -0.25) is 4.99 Å². The lowest BCUT2D eigenvalue weighted by Crippen LogP contribution is -2.41. The molecule has 3 atom stereocenters. The van der Waals surface area contributed by atoms with Gasteiger partial charge < -0.3 is 15.4 Å². The van der Waals surface area contributed by atoms with E-state index in [9.17, 15) is 4.39 Å². The van der Waals surface area contributed by atoms with Gasteiger partial charge in [-0.1, -0.05) is 42.5 Å². The lowest BCUT2D eigenvalue weighted by molar-refractivity contribution is 0.0915. The molecule has 1 fully saturated rings. The molecule has 0 aliphatic carbocycles. The molecule has 1 heterocycles. The topological polar surface area (TPSA) is 45.7 Å². The monoisotopic (exact) mass is 369 g/mol. The summed E-state index contributed by atoms with van der Waals surface area (Å²) in [5.41, 5.74) is 2.77. The molecule has 2 N–H and O–H groups in total. The second-order valence-corrected chi connectivity index (χ2v) is 7.08. The average molecular weight is 369 g/mol. The van der Waals surface area contributed by atoms with E-state index in [1.165, 1.54) is 5.56 Å².